The van der Waals surface area contributed by atoms with Crippen molar-refractivity contribution < 1.29 is 9.32 Å². The van der Waals surface area contributed by atoms with Gasteiger partial charge in [0, 0.05) is 24.8 Å². The van der Waals surface area contributed by atoms with E-state index in [0.29, 0.717) is 6.54 Å². The van der Waals surface area contributed by atoms with Crippen molar-refractivity contribution in [1.82, 2.24) is 25.2 Å². The number of nitrogens with zero attached hydrogens (tertiary/aromatic N) is 4. The van der Waals surface area contributed by atoms with Crippen molar-refractivity contribution in [1.29, 1.82) is 0 Å². The summed E-state index contributed by atoms with van der Waals surface area (Å²) in [5.41, 5.74) is 2.98. The minimum Gasteiger partial charge on any atom is -0.361 e. The Morgan fingerprint density at radius 3 is 2.84 bits per heavy atom. The zero-order valence-electron chi connectivity index (χ0n) is 15.5. The third-order valence-corrected chi connectivity index (χ3v) is 4.93. The number of rotatable bonds is 4. The fourth-order valence-corrected chi connectivity index (χ4v) is 3.59. The molecule has 1 fully saturated rings. The summed E-state index contributed by atoms with van der Waals surface area (Å²) in [5, 5.41) is 11.6. The minimum absolute atomic E-state index is 0.0274. The molecule has 0 aliphatic carbocycles. The number of amides is 2. The number of hydrogen-bond acceptors (Lipinski definition) is 4. The molecule has 1 saturated heterocycles. The van der Waals surface area contributed by atoms with Crippen LogP contribution in [0.5, 0.6) is 0 Å². The van der Waals surface area contributed by atoms with Gasteiger partial charge in [-0.25, -0.2) is 4.79 Å². The minimum atomic E-state index is -0.0777. The van der Waals surface area contributed by atoms with Crippen LogP contribution in [0.1, 0.15) is 60.9 Å². The molecule has 2 aromatic heterocycles. The van der Waals surface area contributed by atoms with Crippen LogP contribution in [0, 0.1) is 20.8 Å². The van der Waals surface area contributed by atoms with Crippen molar-refractivity contribution in [2.45, 2.75) is 59.0 Å². The summed E-state index contributed by atoms with van der Waals surface area (Å²) in [6.07, 6.45) is 6.74. The zero-order chi connectivity index (χ0) is 18.0. The van der Waals surface area contributed by atoms with Gasteiger partial charge in [0.1, 0.15) is 5.76 Å². The average Bonchev–Trinajstić information content (AvgIpc) is 3.19. The van der Waals surface area contributed by atoms with E-state index in [0.717, 1.165) is 48.4 Å². The SMILES string of the molecule is CC[C@@H](NC(=O)N1CCC[C@@H](n2cc(C)cn2)C1)c1c(C)noc1C. The van der Waals surface area contributed by atoms with Crippen LogP contribution in [0.2, 0.25) is 0 Å². The second kappa shape index (κ2) is 7.29. The molecule has 1 aliphatic rings. The Morgan fingerprint density at radius 2 is 2.24 bits per heavy atom. The van der Waals surface area contributed by atoms with Crippen LogP contribution >= 0.6 is 0 Å². The Bertz CT molecular complexity index is 716. The number of carbonyl (C=O) groups excluding carboxylic acids is 1. The molecule has 25 heavy (non-hydrogen) atoms. The molecule has 1 aliphatic heterocycles. The van der Waals surface area contributed by atoms with E-state index in [-0.39, 0.29) is 18.1 Å². The predicted molar refractivity (Wildman–Crippen MR) is 94.3 cm³/mol. The number of carbonyl (C=O) groups is 1. The quantitative estimate of drug-likeness (QED) is 0.922. The molecule has 1 N–H and O–H groups in total. The van der Waals surface area contributed by atoms with Crippen molar-refractivity contribution in [3.8, 4) is 0 Å². The van der Waals surface area contributed by atoms with E-state index in [2.05, 4.69) is 22.5 Å². The van der Waals surface area contributed by atoms with Crippen molar-refractivity contribution >= 4 is 6.03 Å². The van der Waals surface area contributed by atoms with Crippen LogP contribution in [0.4, 0.5) is 4.79 Å². The van der Waals surface area contributed by atoms with Crippen molar-refractivity contribution in [2.75, 3.05) is 13.1 Å². The molecule has 136 valence electrons. The first kappa shape index (κ1) is 17.5. The van der Waals surface area contributed by atoms with Crippen molar-refractivity contribution in [3.05, 3.63) is 35.0 Å². The van der Waals surface area contributed by atoms with Gasteiger partial charge in [0.05, 0.1) is 24.0 Å². The topological polar surface area (TPSA) is 76.2 Å². The molecule has 0 aromatic carbocycles. The van der Waals surface area contributed by atoms with Crippen molar-refractivity contribution in [2.24, 2.45) is 0 Å². The van der Waals surface area contributed by atoms with E-state index in [4.69, 9.17) is 4.52 Å². The maximum Gasteiger partial charge on any atom is 0.317 e. The lowest BCUT2D eigenvalue weighted by Gasteiger charge is -2.34. The lowest BCUT2D eigenvalue weighted by Crippen LogP contribution is -2.47. The summed E-state index contributed by atoms with van der Waals surface area (Å²) >= 11 is 0. The molecule has 2 amide bonds. The molecular weight excluding hydrogens is 318 g/mol. The molecule has 3 rings (SSSR count). The number of aromatic nitrogens is 3. The molecule has 0 bridgehead atoms. The van der Waals surface area contributed by atoms with E-state index in [1.54, 1.807) is 0 Å². The average molecular weight is 345 g/mol. The fraction of sp³-hybridized carbons (Fsp3) is 0.611. The van der Waals surface area contributed by atoms with Gasteiger partial charge in [0.15, 0.2) is 0 Å². The van der Waals surface area contributed by atoms with Crippen LogP contribution in [-0.2, 0) is 0 Å². The molecule has 0 saturated carbocycles. The van der Waals surface area contributed by atoms with E-state index >= 15 is 0 Å². The first-order valence-electron chi connectivity index (χ1n) is 8.98. The summed E-state index contributed by atoms with van der Waals surface area (Å²) in [7, 11) is 0. The lowest BCUT2D eigenvalue weighted by atomic mass is 10.0. The van der Waals surface area contributed by atoms with Gasteiger partial charge >= 0.3 is 6.03 Å². The number of piperidine rings is 1. The van der Waals surface area contributed by atoms with Gasteiger partial charge in [0.2, 0.25) is 0 Å². The number of nitrogens with one attached hydrogen (secondary N) is 1. The predicted octanol–water partition coefficient (Wildman–Crippen LogP) is 3.29. The van der Waals surface area contributed by atoms with E-state index in [1.165, 1.54) is 0 Å². The highest BCUT2D eigenvalue weighted by atomic mass is 16.5. The molecule has 3 heterocycles. The zero-order valence-corrected chi connectivity index (χ0v) is 15.5. The standard InChI is InChI=1S/C18H27N5O2/c1-5-16(17-13(3)21-25-14(17)4)20-18(24)22-8-6-7-15(11-22)23-10-12(2)9-19-23/h9-10,15-16H,5-8,11H2,1-4H3,(H,20,24)/t15-,16-/m1/s1. The number of hydrogen-bond donors (Lipinski definition) is 1. The smallest absolute Gasteiger partial charge is 0.317 e. The van der Waals surface area contributed by atoms with E-state index < -0.39 is 0 Å². The normalized spacial score (nSPS) is 19.0. The van der Waals surface area contributed by atoms with Gasteiger partial charge in [-0.3, -0.25) is 4.68 Å². The van der Waals surface area contributed by atoms with Crippen LogP contribution in [-0.4, -0.2) is 39.0 Å². The molecule has 2 atom stereocenters. The maximum atomic E-state index is 12.8. The van der Waals surface area contributed by atoms with Crippen LogP contribution in [0.3, 0.4) is 0 Å². The Kier molecular flexibility index (Phi) is 5.11. The molecule has 0 radical (unpaired) electrons. The number of likely N-dealkylation sites (tertiary alicyclic amines) is 1. The van der Waals surface area contributed by atoms with Gasteiger partial charge in [-0.1, -0.05) is 12.1 Å². The molecule has 7 heteroatoms. The summed E-state index contributed by atoms with van der Waals surface area (Å²) < 4.78 is 7.24. The molecule has 0 spiro atoms. The van der Waals surface area contributed by atoms with Crippen molar-refractivity contribution in [3.63, 3.8) is 0 Å². The third-order valence-electron chi connectivity index (χ3n) is 4.93. The number of aryl methyl sites for hydroxylation is 3. The first-order chi connectivity index (χ1) is 12.0. The van der Waals surface area contributed by atoms with Crippen LogP contribution in [0.25, 0.3) is 0 Å². The Morgan fingerprint density at radius 1 is 1.44 bits per heavy atom. The summed E-state index contributed by atoms with van der Waals surface area (Å²) in [6, 6.07) is 0.138. The van der Waals surface area contributed by atoms with E-state index in [9.17, 15) is 4.79 Å². The van der Waals surface area contributed by atoms with E-state index in [1.807, 2.05) is 42.7 Å². The fourth-order valence-electron chi connectivity index (χ4n) is 3.59. The largest absolute Gasteiger partial charge is 0.361 e. The monoisotopic (exact) mass is 345 g/mol. The number of urea groups is 1. The van der Waals surface area contributed by atoms with Gasteiger partial charge in [-0.15, -0.1) is 0 Å². The summed E-state index contributed by atoms with van der Waals surface area (Å²) in [5.74, 6) is 0.771. The lowest BCUT2D eigenvalue weighted by molar-refractivity contribution is 0.159. The van der Waals surface area contributed by atoms with Gasteiger partial charge in [0.25, 0.3) is 0 Å². The van der Waals surface area contributed by atoms with Gasteiger partial charge in [-0.2, -0.15) is 5.10 Å². The second-order valence-corrected chi connectivity index (χ2v) is 6.89. The Balaban J connectivity index is 1.67. The third kappa shape index (κ3) is 3.70. The highest BCUT2D eigenvalue weighted by Crippen LogP contribution is 2.26. The van der Waals surface area contributed by atoms with Gasteiger partial charge in [-0.05, 0) is 45.6 Å². The Hall–Kier alpha value is -2.31. The van der Waals surface area contributed by atoms with Crippen LogP contribution in [0.15, 0.2) is 16.9 Å². The Labute approximate surface area is 148 Å². The highest BCUT2D eigenvalue weighted by molar-refractivity contribution is 5.75. The second-order valence-electron chi connectivity index (χ2n) is 6.89. The molecule has 0 unspecified atom stereocenters. The molecule has 7 nitrogen and oxygen atoms in total. The highest BCUT2D eigenvalue weighted by Gasteiger charge is 2.28. The van der Waals surface area contributed by atoms with Gasteiger partial charge < -0.3 is 14.7 Å². The van der Waals surface area contributed by atoms with Crippen LogP contribution < -0.4 is 5.32 Å². The summed E-state index contributed by atoms with van der Waals surface area (Å²) in [4.78, 5) is 14.7. The maximum absolute atomic E-state index is 12.8. The molecular formula is C18H27N5O2. The summed E-state index contributed by atoms with van der Waals surface area (Å²) in [6.45, 7) is 9.36. The molecule has 2 aromatic rings. The first-order valence-corrected chi connectivity index (χ1v) is 8.98.